The smallest absolute Gasteiger partial charge is 0.101 e. The van der Waals surface area contributed by atoms with Crippen molar-refractivity contribution in [2.45, 2.75) is 23.5 Å². The molecule has 0 aliphatic heterocycles. The first-order chi connectivity index (χ1) is 8.19. The Labute approximate surface area is 110 Å². The van der Waals surface area contributed by atoms with E-state index in [-0.39, 0.29) is 6.61 Å². The SMILES string of the molecule is Cc1cc(CO)ccc1Sc1ccc(Cl)cn1. The Kier molecular flexibility index (Phi) is 4.05. The molecule has 0 aliphatic carbocycles. The third-order valence-electron chi connectivity index (χ3n) is 2.34. The van der Waals surface area contributed by atoms with Crippen molar-refractivity contribution in [2.24, 2.45) is 0 Å². The fraction of sp³-hybridized carbons (Fsp3) is 0.154. The topological polar surface area (TPSA) is 33.1 Å². The molecule has 0 aliphatic rings. The van der Waals surface area contributed by atoms with Gasteiger partial charge in [-0.1, -0.05) is 35.5 Å². The van der Waals surface area contributed by atoms with Gasteiger partial charge in [-0.3, -0.25) is 0 Å². The van der Waals surface area contributed by atoms with Crippen molar-refractivity contribution in [3.8, 4) is 0 Å². The Bertz CT molecular complexity index is 513. The molecular formula is C13H12ClNOS. The van der Waals surface area contributed by atoms with E-state index in [1.165, 1.54) is 0 Å². The van der Waals surface area contributed by atoms with E-state index >= 15 is 0 Å². The van der Waals surface area contributed by atoms with E-state index in [0.29, 0.717) is 5.02 Å². The van der Waals surface area contributed by atoms with Crippen LogP contribution in [0.5, 0.6) is 0 Å². The molecule has 0 saturated heterocycles. The number of hydrogen-bond acceptors (Lipinski definition) is 3. The monoisotopic (exact) mass is 265 g/mol. The van der Waals surface area contributed by atoms with Crippen LogP contribution in [0.2, 0.25) is 5.02 Å². The molecule has 2 aromatic rings. The molecule has 0 amide bonds. The number of aromatic nitrogens is 1. The minimum absolute atomic E-state index is 0.0744. The van der Waals surface area contributed by atoms with Crippen molar-refractivity contribution in [3.05, 3.63) is 52.7 Å². The number of aliphatic hydroxyl groups is 1. The first-order valence-electron chi connectivity index (χ1n) is 5.19. The van der Waals surface area contributed by atoms with Crippen molar-refractivity contribution in [3.63, 3.8) is 0 Å². The molecule has 1 aromatic carbocycles. The predicted octanol–water partition coefficient (Wildman–Crippen LogP) is 3.69. The molecule has 1 aromatic heterocycles. The molecule has 2 rings (SSSR count). The molecule has 4 heteroatoms. The zero-order chi connectivity index (χ0) is 12.3. The summed E-state index contributed by atoms with van der Waals surface area (Å²) in [5, 5.41) is 10.6. The zero-order valence-corrected chi connectivity index (χ0v) is 10.9. The van der Waals surface area contributed by atoms with E-state index in [2.05, 4.69) is 4.98 Å². The average Bonchev–Trinajstić information content (AvgIpc) is 2.34. The predicted molar refractivity (Wildman–Crippen MR) is 70.5 cm³/mol. The minimum atomic E-state index is 0.0744. The lowest BCUT2D eigenvalue weighted by molar-refractivity contribution is 0.281. The highest BCUT2D eigenvalue weighted by molar-refractivity contribution is 7.99. The number of pyridine rings is 1. The van der Waals surface area contributed by atoms with Gasteiger partial charge in [0.2, 0.25) is 0 Å². The van der Waals surface area contributed by atoms with Crippen LogP contribution in [0.15, 0.2) is 46.5 Å². The van der Waals surface area contributed by atoms with Crippen molar-refractivity contribution < 1.29 is 5.11 Å². The van der Waals surface area contributed by atoms with Crippen LogP contribution in [0.4, 0.5) is 0 Å². The van der Waals surface area contributed by atoms with Crippen molar-refractivity contribution in [1.29, 1.82) is 0 Å². The molecule has 0 bridgehead atoms. The minimum Gasteiger partial charge on any atom is -0.392 e. The summed E-state index contributed by atoms with van der Waals surface area (Å²) >= 11 is 7.38. The van der Waals surface area contributed by atoms with Gasteiger partial charge in [0.15, 0.2) is 0 Å². The van der Waals surface area contributed by atoms with Crippen LogP contribution >= 0.6 is 23.4 Å². The van der Waals surface area contributed by atoms with Gasteiger partial charge in [0.25, 0.3) is 0 Å². The summed E-state index contributed by atoms with van der Waals surface area (Å²) in [7, 11) is 0. The Morgan fingerprint density at radius 3 is 2.71 bits per heavy atom. The molecule has 0 saturated carbocycles. The van der Waals surface area contributed by atoms with Crippen molar-refractivity contribution in [1.82, 2.24) is 4.98 Å². The second-order valence-corrected chi connectivity index (χ2v) is 5.17. The summed E-state index contributed by atoms with van der Waals surface area (Å²) in [5.74, 6) is 0. The molecule has 0 radical (unpaired) electrons. The highest BCUT2D eigenvalue weighted by Crippen LogP contribution is 2.29. The summed E-state index contributed by atoms with van der Waals surface area (Å²) in [4.78, 5) is 5.38. The lowest BCUT2D eigenvalue weighted by atomic mass is 10.1. The summed E-state index contributed by atoms with van der Waals surface area (Å²) in [6, 6.07) is 9.63. The number of aryl methyl sites for hydroxylation is 1. The standard InChI is InChI=1S/C13H12ClNOS/c1-9-6-10(8-16)2-4-12(9)17-13-5-3-11(14)7-15-13/h2-7,16H,8H2,1H3. The molecule has 88 valence electrons. The van der Waals surface area contributed by atoms with E-state index < -0.39 is 0 Å². The van der Waals surface area contributed by atoms with Crippen LogP contribution in [-0.2, 0) is 6.61 Å². The van der Waals surface area contributed by atoms with Gasteiger partial charge in [0.1, 0.15) is 5.03 Å². The Hall–Kier alpha value is -1.03. The van der Waals surface area contributed by atoms with Crippen LogP contribution in [-0.4, -0.2) is 10.1 Å². The summed E-state index contributed by atoms with van der Waals surface area (Å²) in [6.07, 6.45) is 1.64. The fourth-order valence-corrected chi connectivity index (χ4v) is 2.39. The number of aliphatic hydroxyl groups excluding tert-OH is 1. The third kappa shape index (κ3) is 3.22. The Morgan fingerprint density at radius 2 is 2.12 bits per heavy atom. The maximum absolute atomic E-state index is 9.04. The first-order valence-corrected chi connectivity index (χ1v) is 6.38. The fourth-order valence-electron chi connectivity index (χ4n) is 1.46. The zero-order valence-electron chi connectivity index (χ0n) is 9.35. The second-order valence-electron chi connectivity index (χ2n) is 3.67. The molecule has 1 N–H and O–H groups in total. The van der Waals surface area contributed by atoms with E-state index in [1.54, 1.807) is 18.0 Å². The summed E-state index contributed by atoms with van der Waals surface area (Å²) < 4.78 is 0. The van der Waals surface area contributed by atoms with E-state index in [4.69, 9.17) is 16.7 Å². The number of rotatable bonds is 3. The first kappa shape index (κ1) is 12.4. The molecule has 0 atom stereocenters. The van der Waals surface area contributed by atoms with Crippen LogP contribution in [0.25, 0.3) is 0 Å². The van der Waals surface area contributed by atoms with Crippen molar-refractivity contribution >= 4 is 23.4 Å². The summed E-state index contributed by atoms with van der Waals surface area (Å²) in [6.45, 7) is 2.10. The van der Waals surface area contributed by atoms with Gasteiger partial charge in [0, 0.05) is 11.1 Å². The third-order valence-corrected chi connectivity index (χ3v) is 3.69. The number of nitrogens with zero attached hydrogens (tertiary/aromatic N) is 1. The number of halogens is 1. The highest BCUT2D eigenvalue weighted by Gasteiger charge is 2.03. The quantitative estimate of drug-likeness (QED) is 0.919. The van der Waals surface area contributed by atoms with Gasteiger partial charge in [-0.2, -0.15) is 0 Å². The van der Waals surface area contributed by atoms with Gasteiger partial charge in [0.05, 0.1) is 11.6 Å². The molecule has 0 unspecified atom stereocenters. The number of hydrogen-bond donors (Lipinski definition) is 1. The maximum Gasteiger partial charge on any atom is 0.101 e. The van der Waals surface area contributed by atoms with E-state index in [1.807, 2.05) is 37.3 Å². The largest absolute Gasteiger partial charge is 0.392 e. The van der Waals surface area contributed by atoms with Crippen molar-refractivity contribution in [2.75, 3.05) is 0 Å². The van der Waals surface area contributed by atoms with Crippen LogP contribution in [0.1, 0.15) is 11.1 Å². The van der Waals surface area contributed by atoms with Gasteiger partial charge < -0.3 is 5.11 Å². The Morgan fingerprint density at radius 1 is 1.29 bits per heavy atom. The lowest BCUT2D eigenvalue weighted by Gasteiger charge is -2.06. The normalized spacial score (nSPS) is 10.5. The van der Waals surface area contributed by atoms with Crippen LogP contribution in [0.3, 0.4) is 0 Å². The lowest BCUT2D eigenvalue weighted by Crippen LogP contribution is -1.87. The van der Waals surface area contributed by atoms with Crippen LogP contribution < -0.4 is 0 Å². The molecule has 1 heterocycles. The second kappa shape index (κ2) is 5.54. The maximum atomic E-state index is 9.04. The highest BCUT2D eigenvalue weighted by atomic mass is 35.5. The molecule has 0 fully saturated rings. The van der Waals surface area contributed by atoms with Gasteiger partial charge in [-0.15, -0.1) is 0 Å². The molecular weight excluding hydrogens is 254 g/mol. The van der Waals surface area contributed by atoms with E-state index in [0.717, 1.165) is 21.0 Å². The summed E-state index contributed by atoms with van der Waals surface area (Å²) in [5.41, 5.74) is 2.06. The molecule has 2 nitrogen and oxygen atoms in total. The van der Waals surface area contributed by atoms with Gasteiger partial charge in [-0.05, 0) is 36.2 Å². The molecule has 0 spiro atoms. The van der Waals surface area contributed by atoms with Crippen LogP contribution in [0, 0.1) is 6.92 Å². The molecule has 17 heavy (non-hydrogen) atoms. The van der Waals surface area contributed by atoms with Gasteiger partial charge >= 0.3 is 0 Å². The Balaban J connectivity index is 2.21. The van der Waals surface area contributed by atoms with E-state index in [9.17, 15) is 0 Å². The van der Waals surface area contributed by atoms with Gasteiger partial charge in [-0.25, -0.2) is 4.98 Å². The average molecular weight is 266 g/mol. The number of benzene rings is 1.